The Hall–Kier alpha value is -0.710. The second-order valence-corrected chi connectivity index (χ2v) is 5.90. The summed E-state index contributed by atoms with van der Waals surface area (Å²) in [5.74, 6) is 0. The first-order chi connectivity index (χ1) is 8.69. The Morgan fingerprint density at radius 3 is 2.28 bits per heavy atom. The van der Waals surface area contributed by atoms with Crippen LogP contribution in [-0.2, 0) is 6.42 Å². The summed E-state index contributed by atoms with van der Waals surface area (Å²) in [7, 11) is 1.97. The van der Waals surface area contributed by atoms with Gasteiger partial charge >= 0.3 is 0 Å². The monoisotopic (exact) mass is 368 g/mol. The van der Waals surface area contributed by atoms with E-state index in [2.05, 4.69) is 66.4 Å². The number of likely N-dealkylation sites (N-methyl/N-ethyl adjacent to an activating group) is 1. The van der Waals surface area contributed by atoms with Crippen molar-refractivity contribution < 1.29 is 0 Å². The third-order valence-corrected chi connectivity index (χ3v) is 3.81. The zero-order valence-electron chi connectivity index (χ0n) is 10.0. The van der Waals surface area contributed by atoms with Gasteiger partial charge in [0.1, 0.15) is 0 Å². The van der Waals surface area contributed by atoms with Gasteiger partial charge in [-0.25, -0.2) is 0 Å². The van der Waals surface area contributed by atoms with Crippen molar-refractivity contribution in [1.29, 1.82) is 0 Å². The number of aromatic nitrogens is 1. The molecule has 0 amide bonds. The van der Waals surface area contributed by atoms with Crippen molar-refractivity contribution in [3.05, 3.63) is 62.8 Å². The molecule has 2 nitrogen and oxygen atoms in total. The molecule has 0 aliphatic rings. The van der Waals surface area contributed by atoms with Gasteiger partial charge in [0.15, 0.2) is 0 Å². The molecule has 1 heterocycles. The Labute approximate surface area is 124 Å². The highest BCUT2D eigenvalue weighted by atomic mass is 79.9. The Morgan fingerprint density at radius 1 is 1.06 bits per heavy atom. The van der Waals surface area contributed by atoms with Crippen molar-refractivity contribution in [2.75, 3.05) is 7.05 Å². The van der Waals surface area contributed by atoms with Crippen LogP contribution in [0.15, 0.2) is 51.5 Å². The van der Waals surface area contributed by atoms with E-state index in [1.54, 1.807) is 0 Å². The lowest BCUT2D eigenvalue weighted by atomic mass is 10.0. The second-order valence-electron chi connectivity index (χ2n) is 4.07. The minimum absolute atomic E-state index is 0.235. The molecule has 94 valence electrons. The lowest BCUT2D eigenvalue weighted by Gasteiger charge is -2.15. The van der Waals surface area contributed by atoms with Crippen molar-refractivity contribution >= 4 is 31.9 Å². The van der Waals surface area contributed by atoms with Gasteiger partial charge in [-0.2, -0.15) is 0 Å². The maximum Gasteiger partial charge on any atom is 0.0577 e. The van der Waals surface area contributed by atoms with Crippen LogP contribution in [0.3, 0.4) is 0 Å². The van der Waals surface area contributed by atoms with E-state index < -0.39 is 0 Å². The first kappa shape index (κ1) is 13.7. The number of nitrogens with zero attached hydrogens (tertiary/aromatic N) is 1. The fourth-order valence-electron chi connectivity index (χ4n) is 1.80. The quantitative estimate of drug-likeness (QED) is 0.877. The second kappa shape index (κ2) is 6.45. The van der Waals surface area contributed by atoms with E-state index in [4.69, 9.17) is 0 Å². The SMILES string of the molecule is CNC(Cc1ccc(Br)cc1)c1ccc(Br)cn1. The molecule has 18 heavy (non-hydrogen) atoms. The van der Waals surface area contributed by atoms with Crippen LogP contribution in [0.1, 0.15) is 17.3 Å². The van der Waals surface area contributed by atoms with E-state index in [1.165, 1.54) is 5.56 Å². The first-order valence-electron chi connectivity index (χ1n) is 5.72. The number of benzene rings is 1. The van der Waals surface area contributed by atoms with Gasteiger partial charge in [-0.3, -0.25) is 4.98 Å². The van der Waals surface area contributed by atoms with E-state index >= 15 is 0 Å². The average Bonchev–Trinajstić information content (AvgIpc) is 2.39. The van der Waals surface area contributed by atoms with E-state index in [-0.39, 0.29) is 6.04 Å². The van der Waals surface area contributed by atoms with Crippen LogP contribution in [-0.4, -0.2) is 12.0 Å². The van der Waals surface area contributed by atoms with Crippen LogP contribution in [0.2, 0.25) is 0 Å². The van der Waals surface area contributed by atoms with Crippen LogP contribution < -0.4 is 5.32 Å². The zero-order chi connectivity index (χ0) is 13.0. The number of pyridine rings is 1. The average molecular weight is 370 g/mol. The molecule has 1 atom stereocenters. The van der Waals surface area contributed by atoms with Gasteiger partial charge in [-0.15, -0.1) is 0 Å². The Morgan fingerprint density at radius 2 is 1.72 bits per heavy atom. The molecular formula is C14H14Br2N2. The summed E-state index contributed by atoms with van der Waals surface area (Å²) in [6.07, 6.45) is 2.76. The van der Waals surface area contributed by atoms with Gasteiger partial charge in [-0.05, 0) is 59.2 Å². The minimum atomic E-state index is 0.235. The van der Waals surface area contributed by atoms with Gasteiger partial charge in [0.25, 0.3) is 0 Å². The number of rotatable bonds is 4. The topological polar surface area (TPSA) is 24.9 Å². The smallest absolute Gasteiger partial charge is 0.0577 e. The molecule has 0 aliphatic heterocycles. The van der Waals surface area contributed by atoms with Gasteiger partial charge in [0, 0.05) is 15.1 Å². The standard InChI is InChI=1S/C14H14Br2N2/c1-17-14(13-7-6-12(16)9-18-13)8-10-2-4-11(15)5-3-10/h2-7,9,14,17H,8H2,1H3. The van der Waals surface area contributed by atoms with Gasteiger partial charge < -0.3 is 5.32 Å². The van der Waals surface area contributed by atoms with Crippen LogP contribution in [0.4, 0.5) is 0 Å². The molecule has 0 fully saturated rings. The summed E-state index contributed by atoms with van der Waals surface area (Å²) < 4.78 is 2.11. The van der Waals surface area contributed by atoms with Crippen molar-refractivity contribution in [3.63, 3.8) is 0 Å². The van der Waals surface area contributed by atoms with Crippen LogP contribution in [0.5, 0.6) is 0 Å². The molecule has 0 aliphatic carbocycles. The van der Waals surface area contributed by atoms with Crippen LogP contribution >= 0.6 is 31.9 Å². The molecule has 0 bridgehead atoms. The fraction of sp³-hybridized carbons (Fsp3) is 0.214. The van der Waals surface area contributed by atoms with Gasteiger partial charge in [0.2, 0.25) is 0 Å². The first-order valence-corrected chi connectivity index (χ1v) is 7.31. The summed E-state index contributed by atoms with van der Waals surface area (Å²) in [5, 5.41) is 3.31. The number of hydrogen-bond acceptors (Lipinski definition) is 2. The number of hydrogen-bond donors (Lipinski definition) is 1. The summed E-state index contributed by atoms with van der Waals surface area (Å²) in [4.78, 5) is 4.44. The third kappa shape index (κ3) is 3.64. The van der Waals surface area contributed by atoms with E-state index in [0.29, 0.717) is 0 Å². The van der Waals surface area contributed by atoms with Crippen LogP contribution in [0.25, 0.3) is 0 Å². The lowest BCUT2D eigenvalue weighted by molar-refractivity contribution is 0.576. The molecule has 1 unspecified atom stereocenters. The van der Waals surface area contributed by atoms with Crippen molar-refractivity contribution in [2.24, 2.45) is 0 Å². The molecule has 2 rings (SSSR count). The van der Waals surface area contributed by atoms with Crippen molar-refractivity contribution in [3.8, 4) is 0 Å². The van der Waals surface area contributed by atoms with Gasteiger partial charge in [0.05, 0.1) is 11.7 Å². The summed E-state index contributed by atoms with van der Waals surface area (Å²) in [6, 6.07) is 12.7. The minimum Gasteiger partial charge on any atom is -0.311 e. The zero-order valence-corrected chi connectivity index (χ0v) is 13.2. The highest BCUT2D eigenvalue weighted by Gasteiger charge is 2.11. The summed E-state index contributed by atoms with van der Waals surface area (Å²) in [6.45, 7) is 0. The summed E-state index contributed by atoms with van der Waals surface area (Å²) >= 11 is 6.85. The van der Waals surface area contributed by atoms with Gasteiger partial charge in [-0.1, -0.05) is 28.1 Å². The molecule has 1 N–H and O–H groups in total. The highest BCUT2D eigenvalue weighted by Crippen LogP contribution is 2.19. The molecule has 0 saturated heterocycles. The van der Waals surface area contributed by atoms with Crippen molar-refractivity contribution in [2.45, 2.75) is 12.5 Å². The Bertz CT molecular complexity index is 494. The molecule has 2 aromatic rings. The Kier molecular flexibility index (Phi) is 4.92. The predicted octanol–water partition coefficient (Wildman–Crippen LogP) is 4.11. The molecule has 0 radical (unpaired) electrons. The summed E-state index contributed by atoms with van der Waals surface area (Å²) in [5.41, 5.74) is 2.35. The third-order valence-electron chi connectivity index (χ3n) is 2.81. The Balaban J connectivity index is 2.14. The maximum atomic E-state index is 4.44. The largest absolute Gasteiger partial charge is 0.311 e. The van der Waals surface area contributed by atoms with E-state index in [1.807, 2.05) is 25.4 Å². The normalized spacial score (nSPS) is 12.4. The van der Waals surface area contributed by atoms with Crippen molar-refractivity contribution in [1.82, 2.24) is 10.3 Å². The molecule has 1 aromatic carbocycles. The predicted molar refractivity (Wildman–Crippen MR) is 81.6 cm³/mol. The molecular weight excluding hydrogens is 356 g/mol. The maximum absolute atomic E-state index is 4.44. The number of nitrogens with one attached hydrogen (secondary N) is 1. The van der Waals surface area contributed by atoms with Crippen LogP contribution in [0, 0.1) is 0 Å². The molecule has 1 aromatic heterocycles. The highest BCUT2D eigenvalue weighted by molar-refractivity contribution is 9.10. The lowest BCUT2D eigenvalue weighted by Crippen LogP contribution is -2.19. The van der Waals surface area contributed by atoms with E-state index in [9.17, 15) is 0 Å². The fourth-order valence-corrected chi connectivity index (χ4v) is 2.30. The molecule has 4 heteroatoms. The number of halogens is 2. The molecule has 0 saturated carbocycles. The molecule has 0 spiro atoms. The van der Waals surface area contributed by atoms with E-state index in [0.717, 1.165) is 21.1 Å².